The molecule has 3 nitrogen and oxygen atoms in total. The number of anilines is 1. The van der Waals surface area contributed by atoms with Gasteiger partial charge in [-0.25, -0.2) is 0 Å². The molecule has 3 rings (SSSR count). The van der Waals surface area contributed by atoms with Gasteiger partial charge in [0.25, 0.3) is 0 Å². The number of nitrogens with two attached hydrogens (primary N) is 1. The number of rotatable bonds is 3. The summed E-state index contributed by atoms with van der Waals surface area (Å²) >= 11 is 1.76. The number of thioether (sulfide) groups is 1. The van der Waals surface area contributed by atoms with Gasteiger partial charge in [-0.3, -0.25) is 0 Å². The Bertz CT molecular complexity index is 615. The number of fused-ring (bicyclic) bond motifs is 1. The van der Waals surface area contributed by atoms with Crippen LogP contribution in [-0.2, 0) is 0 Å². The fourth-order valence-electron chi connectivity index (χ4n) is 2.10. The lowest BCUT2D eigenvalue weighted by molar-refractivity contribution is 0.107. The van der Waals surface area contributed by atoms with E-state index in [2.05, 4.69) is 6.92 Å². The van der Waals surface area contributed by atoms with E-state index in [1.54, 1.807) is 11.8 Å². The van der Waals surface area contributed by atoms with Crippen LogP contribution in [0.4, 0.5) is 5.69 Å². The third-order valence-electron chi connectivity index (χ3n) is 3.20. The molecular formula is C16H17NO2S. The number of benzene rings is 2. The zero-order valence-corrected chi connectivity index (χ0v) is 12.2. The summed E-state index contributed by atoms with van der Waals surface area (Å²) in [6.07, 6.45) is 0.0655. The third-order valence-corrected chi connectivity index (χ3v) is 4.49. The molecule has 0 amide bonds. The van der Waals surface area contributed by atoms with Crippen LogP contribution in [0.25, 0.3) is 0 Å². The quantitative estimate of drug-likeness (QED) is 0.693. The summed E-state index contributed by atoms with van der Waals surface area (Å²) in [5.41, 5.74) is 7.86. The highest BCUT2D eigenvalue weighted by Gasteiger charge is 2.20. The molecule has 0 spiro atoms. The Hall–Kier alpha value is -1.81. The minimum atomic E-state index is 0.0655. The van der Waals surface area contributed by atoms with Gasteiger partial charge in [0, 0.05) is 16.3 Å². The summed E-state index contributed by atoms with van der Waals surface area (Å²) < 4.78 is 11.7. The molecule has 1 atom stereocenters. The van der Waals surface area contributed by atoms with Gasteiger partial charge in [0.05, 0.1) is 0 Å². The maximum atomic E-state index is 5.95. The number of nitrogen functional groups attached to an aromatic ring is 1. The Kier molecular flexibility index (Phi) is 3.74. The van der Waals surface area contributed by atoms with Crippen molar-refractivity contribution in [2.75, 3.05) is 18.1 Å². The van der Waals surface area contributed by atoms with Crippen LogP contribution in [-0.4, -0.2) is 18.5 Å². The Morgan fingerprint density at radius 1 is 1.20 bits per heavy atom. The summed E-state index contributed by atoms with van der Waals surface area (Å²) in [4.78, 5) is 1.20. The first kappa shape index (κ1) is 13.2. The summed E-state index contributed by atoms with van der Waals surface area (Å²) in [6, 6.07) is 13.8. The normalized spacial score (nSPS) is 16.9. The second kappa shape index (κ2) is 5.67. The molecular weight excluding hydrogens is 270 g/mol. The zero-order chi connectivity index (χ0) is 13.9. The van der Waals surface area contributed by atoms with Gasteiger partial charge >= 0.3 is 0 Å². The molecule has 4 heteroatoms. The first-order valence-electron chi connectivity index (χ1n) is 6.60. The molecule has 1 heterocycles. The van der Waals surface area contributed by atoms with Gasteiger partial charge in [0.15, 0.2) is 11.5 Å². The van der Waals surface area contributed by atoms with Gasteiger partial charge in [0.2, 0.25) is 0 Å². The molecule has 2 aromatic carbocycles. The van der Waals surface area contributed by atoms with Crippen molar-refractivity contribution in [3.05, 3.63) is 48.0 Å². The topological polar surface area (TPSA) is 44.5 Å². The van der Waals surface area contributed by atoms with Crippen LogP contribution in [0.3, 0.4) is 0 Å². The molecule has 0 radical (unpaired) electrons. The molecule has 0 fully saturated rings. The molecule has 2 aromatic rings. The molecule has 2 N–H and O–H groups in total. The molecule has 1 aliphatic rings. The minimum Gasteiger partial charge on any atom is -0.486 e. The van der Waals surface area contributed by atoms with Crippen LogP contribution in [0.15, 0.2) is 47.4 Å². The second-order valence-corrected chi connectivity index (χ2v) is 5.90. The smallest absolute Gasteiger partial charge is 0.161 e. The van der Waals surface area contributed by atoms with E-state index in [9.17, 15) is 0 Å². The van der Waals surface area contributed by atoms with Crippen LogP contribution in [0, 0.1) is 6.92 Å². The highest BCUT2D eigenvalue weighted by molar-refractivity contribution is 7.99. The maximum Gasteiger partial charge on any atom is 0.161 e. The first-order valence-corrected chi connectivity index (χ1v) is 7.58. The van der Waals surface area contributed by atoms with E-state index in [1.165, 1.54) is 10.5 Å². The van der Waals surface area contributed by atoms with Crippen molar-refractivity contribution >= 4 is 17.4 Å². The van der Waals surface area contributed by atoms with E-state index < -0.39 is 0 Å². The summed E-state index contributed by atoms with van der Waals surface area (Å²) in [6.45, 7) is 2.68. The van der Waals surface area contributed by atoms with Crippen molar-refractivity contribution in [2.45, 2.75) is 17.9 Å². The van der Waals surface area contributed by atoms with Crippen LogP contribution in [0.2, 0.25) is 0 Å². The van der Waals surface area contributed by atoms with Gasteiger partial charge in [-0.15, -0.1) is 11.8 Å². The largest absolute Gasteiger partial charge is 0.486 e. The van der Waals surface area contributed by atoms with E-state index in [1.807, 2.05) is 42.5 Å². The van der Waals surface area contributed by atoms with Crippen molar-refractivity contribution in [1.29, 1.82) is 0 Å². The number of para-hydroxylation sites is 2. The predicted octanol–water partition coefficient (Wildman–Crippen LogP) is 3.51. The zero-order valence-electron chi connectivity index (χ0n) is 11.3. The lowest BCUT2D eigenvalue weighted by Gasteiger charge is -2.26. The fraction of sp³-hybridized carbons (Fsp3) is 0.250. The van der Waals surface area contributed by atoms with Crippen molar-refractivity contribution in [3.8, 4) is 11.5 Å². The number of ether oxygens (including phenoxy) is 2. The molecule has 1 unspecified atom stereocenters. The standard InChI is InChI=1S/C16H17NO2S/c1-11-6-7-12(17)8-16(11)20-10-13-9-18-14-4-2-3-5-15(14)19-13/h2-8,13H,9-10,17H2,1H3. The summed E-state index contributed by atoms with van der Waals surface area (Å²) in [5, 5.41) is 0. The van der Waals surface area contributed by atoms with Crippen LogP contribution < -0.4 is 15.2 Å². The minimum absolute atomic E-state index is 0.0655. The molecule has 1 aliphatic heterocycles. The highest BCUT2D eigenvalue weighted by atomic mass is 32.2. The van der Waals surface area contributed by atoms with Gasteiger partial charge in [0.1, 0.15) is 12.7 Å². The maximum absolute atomic E-state index is 5.95. The second-order valence-electron chi connectivity index (χ2n) is 4.83. The molecule has 104 valence electrons. The third kappa shape index (κ3) is 2.85. The Labute approximate surface area is 123 Å². The van der Waals surface area contributed by atoms with E-state index in [4.69, 9.17) is 15.2 Å². The average Bonchev–Trinajstić information content (AvgIpc) is 2.48. The van der Waals surface area contributed by atoms with E-state index in [0.717, 1.165) is 22.9 Å². The lowest BCUT2D eigenvalue weighted by Crippen LogP contribution is -2.31. The van der Waals surface area contributed by atoms with Gasteiger partial charge in [-0.1, -0.05) is 18.2 Å². The average molecular weight is 287 g/mol. The Balaban J connectivity index is 1.64. The highest BCUT2D eigenvalue weighted by Crippen LogP contribution is 2.33. The molecule has 0 saturated heterocycles. The molecule has 0 aromatic heterocycles. The lowest BCUT2D eigenvalue weighted by atomic mass is 10.2. The number of hydrogen-bond donors (Lipinski definition) is 1. The fourth-order valence-corrected chi connectivity index (χ4v) is 3.14. The molecule has 0 bridgehead atoms. The van der Waals surface area contributed by atoms with Crippen molar-refractivity contribution in [2.24, 2.45) is 0 Å². The predicted molar refractivity (Wildman–Crippen MR) is 82.7 cm³/mol. The first-order chi connectivity index (χ1) is 9.72. The summed E-state index contributed by atoms with van der Waals surface area (Å²) in [7, 11) is 0. The van der Waals surface area contributed by atoms with Gasteiger partial charge < -0.3 is 15.2 Å². The van der Waals surface area contributed by atoms with Gasteiger partial charge in [-0.05, 0) is 36.8 Å². The van der Waals surface area contributed by atoms with Crippen LogP contribution in [0.1, 0.15) is 5.56 Å². The van der Waals surface area contributed by atoms with E-state index in [0.29, 0.717) is 6.61 Å². The number of hydrogen-bond acceptors (Lipinski definition) is 4. The Morgan fingerprint density at radius 3 is 2.85 bits per heavy atom. The van der Waals surface area contributed by atoms with Crippen LogP contribution in [0.5, 0.6) is 11.5 Å². The Morgan fingerprint density at radius 2 is 2.00 bits per heavy atom. The van der Waals surface area contributed by atoms with Crippen LogP contribution >= 0.6 is 11.8 Å². The molecule has 20 heavy (non-hydrogen) atoms. The van der Waals surface area contributed by atoms with E-state index >= 15 is 0 Å². The SMILES string of the molecule is Cc1ccc(N)cc1SCC1COc2ccccc2O1. The number of aryl methyl sites for hydroxylation is 1. The van der Waals surface area contributed by atoms with Crippen molar-refractivity contribution < 1.29 is 9.47 Å². The summed E-state index contributed by atoms with van der Waals surface area (Å²) in [5.74, 6) is 2.50. The van der Waals surface area contributed by atoms with E-state index in [-0.39, 0.29) is 6.10 Å². The molecule has 0 saturated carbocycles. The van der Waals surface area contributed by atoms with Crippen molar-refractivity contribution in [3.63, 3.8) is 0 Å². The monoisotopic (exact) mass is 287 g/mol. The molecule has 0 aliphatic carbocycles. The van der Waals surface area contributed by atoms with Crippen molar-refractivity contribution in [1.82, 2.24) is 0 Å². The van der Waals surface area contributed by atoms with Gasteiger partial charge in [-0.2, -0.15) is 0 Å².